The lowest BCUT2D eigenvalue weighted by molar-refractivity contribution is -0.120. The van der Waals surface area contributed by atoms with E-state index in [4.69, 9.17) is 10.5 Å². The van der Waals surface area contributed by atoms with Crippen LogP contribution < -0.4 is 15.8 Å². The van der Waals surface area contributed by atoms with Crippen LogP contribution in [0.15, 0.2) is 24.3 Å². The zero-order valence-corrected chi connectivity index (χ0v) is 8.37. The van der Waals surface area contributed by atoms with Crippen molar-refractivity contribution in [3.05, 3.63) is 30.1 Å². The Balaban J connectivity index is 2.52. The summed E-state index contributed by atoms with van der Waals surface area (Å²) in [5.74, 6) is -0.516. The number of primary amides is 1. The van der Waals surface area contributed by atoms with Crippen molar-refractivity contribution in [1.82, 2.24) is 5.32 Å². The predicted octanol–water partition coefficient (Wildman–Crippen LogP) is 0.278. The highest BCUT2D eigenvalue weighted by atomic mass is 19.1. The maximum Gasteiger partial charge on any atom is 0.238 e. The molecule has 0 aromatic heterocycles. The Hall–Kier alpha value is -1.62. The second-order valence-corrected chi connectivity index (χ2v) is 3.01. The Kier molecular flexibility index (Phi) is 4.05. The molecule has 1 rings (SSSR count). The smallest absolute Gasteiger partial charge is 0.238 e. The van der Waals surface area contributed by atoms with Gasteiger partial charge >= 0.3 is 0 Å². The van der Waals surface area contributed by atoms with Crippen LogP contribution in [-0.4, -0.2) is 25.6 Å². The molecule has 0 aliphatic rings. The SMILES string of the molecule is CNC(COc1cccc(F)c1)C(N)=O. The number of benzene rings is 1. The van der Waals surface area contributed by atoms with Gasteiger partial charge in [-0.15, -0.1) is 0 Å². The molecule has 4 nitrogen and oxygen atoms in total. The fourth-order valence-corrected chi connectivity index (χ4v) is 1.04. The van der Waals surface area contributed by atoms with Crippen molar-refractivity contribution in [2.75, 3.05) is 13.7 Å². The molecule has 0 bridgehead atoms. The van der Waals surface area contributed by atoms with E-state index in [2.05, 4.69) is 5.32 Å². The van der Waals surface area contributed by atoms with Crippen molar-refractivity contribution in [2.45, 2.75) is 6.04 Å². The van der Waals surface area contributed by atoms with Gasteiger partial charge < -0.3 is 15.8 Å². The fourth-order valence-electron chi connectivity index (χ4n) is 1.04. The zero-order chi connectivity index (χ0) is 11.3. The molecule has 0 spiro atoms. The minimum Gasteiger partial charge on any atom is -0.491 e. The van der Waals surface area contributed by atoms with Gasteiger partial charge in [0.2, 0.25) is 5.91 Å². The van der Waals surface area contributed by atoms with E-state index in [-0.39, 0.29) is 12.4 Å². The van der Waals surface area contributed by atoms with E-state index < -0.39 is 11.9 Å². The molecule has 1 unspecified atom stereocenters. The van der Waals surface area contributed by atoms with Gasteiger partial charge in [0.15, 0.2) is 0 Å². The number of nitrogens with two attached hydrogens (primary N) is 1. The van der Waals surface area contributed by atoms with Crippen molar-refractivity contribution in [3.8, 4) is 5.75 Å². The van der Waals surface area contributed by atoms with Gasteiger partial charge in [0.25, 0.3) is 0 Å². The van der Waals surface area contributed by atoms with Crippen molar-refractivity contribution < 1.29 is 13.9 Å². The topological polar surface area (TPSA) is 64.3 Å². The highest BCUT2D eigenvalue weighted by molar-refractivity contribution is 5.79. The predicted molar refractivity (Wildman–Crippen MR) is 53.9 cm³/mol. The van der Waals surface area contributed by atoms with E-state index in [1.807, 2.05) is 0 Å². The molecule has 82 valence electrons. The Morgan fingerprint density at radius 3 is 2.93 bits per heavy atom. The Bertz CT molecular complexity index is 344. The number of ether oxygens (including phenoxy) is 1. The summed E-state index contributed by atoms with van der Waals surface area (Å²) in [7, 11) is 1.60. The van der Waals surface area contributed by atoms with E-state index in [9.17, 15) is 9.18 Å². The first-order chi connectivity index (χ1) is 7.13. The zero-order valence-electron chi connectivity index (χ0n) is 8.37. The molecule has 15 heavy (non-hydrogen) atoms. The van der Waals surface area contributed by atoms with Crippen LogP contribution in [-0.2, 0) is 4.79 Å². The number of hydrogen-bond acceptors (Lipinski definition) is 3. The van der Waals surface area contributed by atoms with Gasteiger partial charge in [0.1, 0.15) is 24.2 Å². The van der Waals surface area contributed by atoms with Gasteiger partial charge in [0.05, 0.1) is 0 Å². The molecule has 5 heteroatoms. The molecule has 3 N–H and O–H groups in total. The van der Waals surface area contributed by atoms with Crippen LogP contribution in [0.5, 0.6) is 5.75 Å². The van der Waals surface area contributed by atoms with Crippen LogP contribution >= 0.6 is 0 Å². The Morgan fingerprint density at radius 2 is 2.40 bits per heavy atom. The molecular weight excluding hydrogens is 199 g/mol. The number of carbonyl (C=O) groups excluding carboxylic acids is 1. The van der Waals surface area contributed by atoms with Crippen molar-refractivity contribution in [3.63, 3.8) is 0 Å². The molecule has 1 atom stereocenters. The number of likely N-dealkylation sites (N-methyl/N-ethyl adjacent to an activating group) is 1. The third-order valence-electron chi connectivity index (χ3n) is 1.90. The number of carbonyl (C=O) groups is 1. The second-order valence-electron chi connectivity index (χ2n) is 3.01. The maximum atomic E-state index is 12.7. The fraction of sp³-hybridized carbons (Fsp3) is 0.300. The highest BCUT2D eigenvalue weighted by Crippen LogP contribution is 2.11. The highest BCUT2D eigenvalue weighted by Gasteiger charge is 2.13. The van der Waals surface area contributed by atoms with E-state index in [1.165, 1.54) is 18.2 Å². The summed E-state index contributed by atoms with van der Waals surface area (Å²) in [5.41, 5.74) is 5.09. The second kappa shape index (κ2) is 5.31. The van der Waals surface area contributed by atoms with Gasteiger partial charge in [-0.3, -0.25) is 4.79 Å². The van der Waals surface area contributed by atoms with E-state index in [1.54, 1.807) is 13.1 Å². The summed E-state index contributed by atoms with van der Waals surface area (Å²) in [4.78, 5) is 10.8. The molecule has 1 aromatic rings. The van der Waals surface area contributed by atoms with Gasteiger partial charge in [-0.05, 0) is 19.2 Å². The quantitative estimate of drug-likeness (QED) is 0.736. The first-order valence-corrected chi connectivity index (χ1v) is 4.48. The molecule has 0 aliphatic carbocycles. The average molecular weight is 212 g/mol. The first-order valence-electron chi connectivity index (χ1n) is 4.48. The van der Waals surface area contributed by atoms with Gasteiger partial charge in [-0.25, -0.2) is 4.39 Å². The summed E-state index contributed by atoms with van der Waals surface area (Å²) in [6, 6.07) is 5.12. The summed E-state index contributed by atoms with van der Waals surface area (Å²) < 4.78 is 17.9. The van der Waals surface area contributed by atoms with Crippen molar-refractivity contribution >= 4 is 5.91 Å². The normalized spacial score (nSPS) is 12.1. The summed E-state index contributed by atoms with van der Waals surface area (Å²) in [6.45, 7) is 0.0787. The van der Waals surface area contributed by atoms with Gasteiger partial charge in [-0.2, -0.15) is 0 Å². The van der Waals surface area contributed by atoms with Crippen LogP contribution in [0.2, 0.25) is 0 Å². The number of rotatable bonds is 5. The number of amides is 1. The lowest BCUT2D eigenvalue weighted by Gasteiger charge is -2.13. The summed E-state index contributed by atoms with van der Waals surface area (Å²) >= 11 is 0. The largest absolute Gasteiger partial charge is 0.491 e. The molecule has 1 aromatic carbocycles. The van der Waals surface area contributed by atoms with Crippen molar-refractivity contribution in [2.24, 2.45) is 5.73 Å². The van der Waals surface area contributed by atoms with Gasteiger partial charge in [0, 0.05) is 6.07 Å². The van der Waals surface area contributed by atoms with Crippen LogP contribution in [0.1, 0.15) is 0 Å². The van der Waals surface area contributed by atoms with Crippen molar-refractivity contribution in [1.29, 1.82) is 0 Å². The van der Waals surface area contributed by atoms with Crippen LogP contribution in [0.25, 0.3) is 0 Å². The minimum absolute atomic E-state index is 0.0787. The van der Waals surface area contributed by atoms with Crippen LogP contribution in [0, 0.1) is 5.82 Å². The molecule has 0 saturated carbocycles. The molecule has 1 amide bonds. The molecule has 0 aliphatic heterocycles. The third kappa shape index (κ3) is 3.55. The number of hydrogen-bond donors (Lipinski definition) is 2. The lowest BCUT2D eigenvalue weighted by atomic mass is 10.3. The van der Waals surface area contributed by atoms with E-state index in [0.29, 0.717) is 5.75 Å². The minimum atomic E-state index is -0.576. The maximum absolute atomic E-state index is 12.7. The monoisotopic (exact) mass is 212 g/mol. The van der Waals surface area contributed by atoms with Crippen LogP contribution in [0.4, 0.5) is 4.39 Å². The molecule has 0 fully saturated rings. The lowest BCUT2D eigenvalue weighted by Crippen LogP contribution is -2.43. The first kappa shape index (κ1) is 11.5. The molecule has 0 saturated heterocycles. The van der Waals surface area contributed by atoms with E-state index >= 15 is 0 Å². The summed E-state index contributed by atoms with van der Waals surface area (Å²) in [5, 5.41) is 2.69. The third-order valence-corrected chi connectivity index (χ3v) is 1.90. The molecule has 0 radical (unpaired) electrons. The Morgan fingerprint density at radius 1 is 1.67 bits per heavy atom. The van der Waals surface area contributed by atoms with Gasteiger partial charge in [-0.1, -0.05) is 6.07 Å². The molecular formula is C10H13FN2O2. The van der Waals surface area contributed by atoms with Crippen LogP contribution in [0.3, 0.4) is 0 Å². The summed E-state index contributed by atoms with van der Waals surface area (Å²) in [6.07, 6.45) is 0. The standard InChI is InChI=1S/C10H13FN2O2/c1-13-9(10(12)14)6-15-8-4-2-3-7(11)5-8/h2-5,9,13H,6H2,1H3,(H2,12,14). The number of nitrogens with one attached hydrogen (secondary N) is 1. The molecule has 0 heterocycles. The average Bonchev–Trinajstić information content (AvgIpc) is 2.18. The Labute approximate surface area is 87.2 Å². The number of halogens is 1. The van der Waals surface area contributed by atoms with E-state index in [0.717, 1.165) is 0 Å².